The first kappa shape index (κ1) is 14.0. The lowest BCUT2D eigenvalue weighted by Crippen LogP contribution is -2.06. The van der Waals surface area contributed by atoms with E-state index in [1.807, 2.05) is 6.92 Å². The molecule has 0 fully saturated rings. The van der Waals surface area contributed by atoms with Crippen molar-refractivity contribution in [3.8, 4) is 0 Å². The molecule has 2 aromatic carbocycles. The Kier molecular flexibility index (Phi) is 4.17. The molecule has 0 aromatic heterocycles. The van der Waals surface area contributed by atoms with E-state index in [0.717, 1.165) is 5.56 Å². The molecule has 0 saturated carbocycles. The molecular weight excluding hydrogens is 270 g/mol. The molecule has 2 rings (SSSR count). The van der Waals surface area contributed by atoms with Crippen LogP contribution in [0.3, 0.4) is 0 Å². The summed E-state index contributed by atoms with van der Waals surface area (Å²) in [5.41, 5.74) is 1.62. The third-order valence-electron chi connectivity index (χ3n) is 3.04. The molecule has 0 saturated heterocycles. The highest BCUT2D eigenvalue weighted by Gasteiger charge is 2.15. The third kappa shape index (κ3) is 3.31. The van der Waals surface area contributed by atoms with E-state index in [0.29, 0.717) is 10.6 Å². The molecule has 0 aliphatic heterocycles. The van der Waals surface area contributed by atoms with Crippen molar-refractivity contribution >= 4 is 11.6 Å². The molecule has 0 spiro atoms. The number of hydrogen-bond donors (Lipinski definition) is 1. The minimum Gasteiger partial charge on any atom is -0.388 e. The lowest BCUT2D eigenvalue weighted by atomic mass is 9.98. The highest BCUT2D eigenvalue weighted by atomic mass is 35.5. The van der Waals surface area contributed by atoms with Crippen LogP contribution in [-0.4, -0.2) is 5.11 Å². The summed E-state index contributed by atoms with van der Waals surface area (Å²) in [6, 6.07) is 8.34. The van der Waals surface area contributed by atoms with Crippen LogP contribution in [0.4, 0.5) is 8.78 Å². The number of aryl methyl sites for hydroxylation is 1. The average molecular weight is 283 g/mol. The summed E-state index contributed by atoms with van der Waals surface area (Å²) in [6.07, 6.45) is -0.917. The number of aliphatic hydroxyl groups excluding tert-OH is 1. The fourth-order valence-corrected chi connectivity index (χ4v) is 2.13. The van der Waals surface area contributed by atoms with E-state index in [2.05, 4.69) is 0 Å². The average Bonchev–Trinajstić information content (AvgIpc) is 2.36. The summed E-state index contributed by atoms with van der Waals surface area (Å²) in [7, 11) is 0. The Bertz CT molecular complexity index is 599. The fourth-order valence-electron chi connectivity index (χ4n) is 1.95. The van der Waals surface area contributed by atoms with E-state index in [1.165, 1.54) is 30.3 Å². The van der Waals surface area contributed by atoms with E-state index in [-0.39, 0.29) is 17.8 Å². The van der Waals surface area contributed by atoms with Gasteiger partial charge in [-0.05, 0) is 48.4 Å². The topological polar surface area (TPSA) is 20.2 Å². The molecule has 0 amide bonds. The molecular formula is C15H13ClF2O. The van der Waals surface area contributed by atoms with Crippen molar-refractivity contribution in [1.82, 2.24) is 0 Å². The molecule has 2 aromatic rings. The van der Waals surface area contributed by atoms with E-state index in [4.69, 9.17) is 11.6 Å². The summed E-state index contributed by atoms with van der Waals surface area (Å²) in [6.45, 7) is 1.82. The largest absolute Gasteiger partial charge is 0.388 e. The van der Waals surface area contributed by atoms with Gasteiger partial charge in [-0.1, -0.05) is 17.7 Å². The second-order valence-corrected chi connectivity index (χ2v) is 4.89. The minimum atomic E-state index is -1.06. The number of benzene rings is 2. The van der Waals surface area contributed by atoms with Gasteiger partial charge in [0.05, 0.1) is 6.10 Å². The molecule has 0 heterocycles. The maximum absolute atomic E-state index is 13.6. The number of halogens is 3. The van der Waals surface area contributed by atoms with E-state index >= 15 is 0 Å². The molecule has 0 aliphatic carbocycles. The quantitative estimate of drug-likeness (QED) is 0.894. The lowest BCUT2D eigenvalue weighted by Gasteiger charge is -2.14. The number of aliphatic hydroxyl groups is 1. The number of hydrogen-bond acceptors (Lipinski definition) is 1. The Labute approximate surface area is 115 Å². The van der Waals surface area contributed by atoms with Crippen LogP contribution in [0.2, 0.25) is 5.02 Å². The Morgan fingerprint density at radius 1 is 1.16 bits per heavy atom. The van der Waals surface area contributed by atoms with Crippen LogP contribution in [0.1, 0.15) is 22.8 Å². The first-order valence-electron chi connectivity index (χ1n) is 5.85. The number of rotatable bonds is 3. The Hall–Kier alpha value is -1.45. The summed E-state index contributed by atoms with van der Waals surface area (Å²) in [5.74, 6) is -0.898. The lowest BCUT2D eigenvalue weighted by molar-refractivity contribution is 0.173. The van der Waals surface area contributed by atoms with Gasteiger partial charge >= 0.3 is 0 Å². The molecule has 19 heavy (non-hydrogen) atoms. The molecule has 4 heteroatoms. The van der Waals surface area contributed by atoms with Gasteiger partial charge in [-0.25, -0.2) is 8.78 Å². The standard InChI is InChI=1S/C15H13ClF2O/c1-9-2-4-12(17)6-10(9)7-15(19)13-8-11(16)3-5-14(13)18/h2-6,8,15,19H,7H2,1H3. The predicted octanol–water partition coefficient (Wildman–Crippen LogP) is 4.20. The minimum absolute atomic E-state index is 0.121. The van der Waals surface area contributed by atoms with Crippen molar-refractivity contribution in [2.75, 3.05) is 0 Å². The third-order valence-corrected chi connectivity index (χ3v) is 3.28. The summed E-state index contributed by atoms with van der Waals surface area (Å²) >= 11 is 5.78. The van der Waals surface area contributed by atoms with Crippen LogP contribution >= 0.6 is 11.6 Å². The van der Waals surface area contributed by atoms with Crippen LogP contribution in [0.25, 0.3) is 0 Å². The van der Waals surface area contributed by atoms with Crippen molar-refractivity contribution < 1.29 is 13.9 Å². The van der Waals surface area contributed by atoms with E-state index in [9.17, 15) is 13.9 Å². The van der Waals surface area contributed by atoms with Gasteiger partial charge < -0.3 is 5.11 Å². The zero-order valence-electron chi connectivity index (χ0n) is 10.3. The van der Waals surface area contributed by atoms with Crippen LogP contribution < -0.4 is 0 Å². The molecule has 100 valence electrons. The van der Waals surface area contributed by atoms with Crippen molar-refractivity contribution in [2.24, 2.45) is 0 Å². The summed E-state index contributed by atoms with van der Waals surface area (Å²) in [5, 5.41) is 10.4. The van der Waals surface area contributed by atoms with Crippen molar-refractivity contribution in [3.05, 3.63) is 69.7 Å². The maximum Gasteiger partial charge on any atom is 0.129 e. The fraction of sp³-hybridized carbons (Fsp3) is 0.200. The van der Waals surface area contributed by atoms with Crippen LogP contribution in [0.15, 0.2) is 36.4 Å². The van der Waals surface area contributed by atoms with Gasteiger partial charge in [0.1, 0.15) is 11.6 Å². The van der Waals surface area contributed by atoms with E-state index < -0.39 is 11.9 Å². The highest BCUT2D eigenvalue weighted by molar-refractivity contribution is 6.30. The molecule has 0 radical (unpaired) electrons. The van der Waals surface area contributed by atoms with Crippen LogP contribution in [0, 0.1) is 18.6 Å². The normalized spacial score (nSPS) is 12.5. The van der Waals surface area contributed by atoms with Gasteiger partial charge in [0, 0.05) is 17.0 Å². The summed E-state index contributed by atoms with van der Waals surface area (Å²) in [4.78, 5) is 0. The second kappa shape index (κ2) is 5.68. The molecule has 0 aliphatic rings. The first-order valence-corrected chi connectivity index (χ1v) is 6.23. The second-order valence-electron chi connectivity index (χ2n) is 4.46. The zero-order valence-corrected chi connectivity index (χ0v) is 11.1. The molecule has 1 N–H and O–H groups in total. The van der Waals surface area contributed by atoms with Crippen molar-refractivity contribution in [3.63, 3.8) is 0 Å². The molecule has 1 nitrogen and oxygen atoms in total. The smallest absolute Gasteiger partial charge is 0.129 e. The summed E-state index contributed by atoms with van der Waals surface area (Å²) < 4.78 is 26.8. The SMILES string of the molecule is Cc1ccc(F)cc1CC(O)c1cc(Cl)ccc1F. The Morgan fingerprint density at radius 2 is 1.89 bits per heavy atom. The molecule has 1 atom stereocenters. The molecule has 0 bridgehead atoms. The van der Waals surface area contributed by atoms with Gasteiger partial charge in [-0.2, -0.15) is 0 Å². The van der Waals surface area contributed by atoms with Gasteiger partial charge in [0.2, 0.25) is 0 Å². The first-order chi connectivity index (χ1) is 8.97. The van der Waals surface area contributed by atoms with Crippen molar-refractivity contribution in [1.29, 1.82) is 0 Å². The zero-order chi connectivity index (χ0) is 14.0. The Morgan fingerprint density at radius 3 is 2.63 bits per heavy atom. The van der Waals surface area contributed by atoms with E-state index in [1.54, 1.807) is 6.07 Å². The maximum atomic E-state index is 13.6. The van der Waals surface area contributed by atoms with Gasteiger partial charge in [0.15, 0.2) is 0 Å². The van der Waals surface area contributed by atoms with Crippen molar-refractivity contribution in [2.45, 2.75) is 19.4 Å². The predicted molar refractivity (Wildman–Crippen MR) is 71.2 cm³/mol. The van der Waals surface area contributed by atoms with Crippen LogP contribution in [0.5, 0.6) is 0 Å². The van der Waals surface area contributed by atoms with Gasteiger partial charge in [-0.3, -0.25) is 0 Å². The van der Waals surface area contributed by atoms with Crippen LogP contribution in [-0.2, 0) is 6.42 Å². The Balaban J connectivity index is 2.27. The van der Waals surface area contributed by atoms with Gasteiger partial charge in [-0.15, -0.1) is 0 Å². The highest BCUT2D eigenvalue weighted by Crippen LogP contribution is 2.25. The monoisotopic (exact) mass is 282 g/mol. The molecule has 1 unspecified atom stereocenters. The van der Waals surface area contributed by atoms with Gasteiger partial charge in [0.25, 0.3) is 0 Å².